The maximum atomic E-state index is 12.9. The molecular formula is C20H22N2O2. The molecule has 0 unspecified atom stereocenters. The van der Waals surface area contributed by atoms with Crippen molar-refractivity contribution in [1.29, 1.82) is 0 Å². The monoisotopic (exact) mass is 322 g/mol. The molecule has 0 aliphatic carbocycles. The van der Waals surface area contributed by atoms with Gasteiger partial charge in [-0.25, -0.2) is 0 Å². The third-order valence-electron chi connectivity index (χ3n) is 4.64. The van der Waals surface area contributed by atoms with E-state index in [1.165, 1.54) is 12.5 Å². The minimum absolute atomic E-state index is 0.00729. The number of nitrogens with zero attached hydrogens (tertiary/aromatic N) is 2. The second kappa shape index (κ2) is 6.97. The van der Waals surface area contributed by atoms with E-state index in [0.29, 0.717) is 24.2 Å². The van der Waals surface area contributed by atoms with Crippen molar-refractivity contribution in [3.63, 3.8) is 0 Å². The molecule has 0 N–H and O–H groups in total. The highest BCUT2D eigenvalue weighted by Crippen LogP contribution is 2.25. The number of Topliss-reactive ketones (excluding diaryl/α,β-unsaturated/α-hetero) is 1. The maximum absolute atomic E-state index is 12.9. The van der Waals surface area contributed by atoms with Crippen LogP contribution >= 0.6 is 0 Å². The lowest BCUT2D eigenvalue weighted by Crippen LogP contribution is -2.49. The number of amides is 1. The van der Waals surface area contributed by atoms with Gasteiger partial charge in [0.2, 0.25) is 0 Å². The van der Waals surface area contributed by atoms with Crippen LogP contribution in [0.1, 0.15) is 39.2 Å². The normalized spacial score (nSPS) is 18.4. The molecule has 0 radical (unpaired) electrons. The predicted octanol–water partition coefficient (Wildman–Crippen LogP) is 3.02. The van der Waals surface area contributed by atoms with Gasteiger partial charge in [-0.05, 0) is 31.7 Å². The highest BCUT2D eigenvalue weighted by molar-refractivity contribution is 5.99. The van der Waals surface area contributed by atoms with E-state index >= 15 is 0 Å². The molecule has 3 rings (SSSR count). The van der Waals surface area contributed by atoms with Gasteiger partial charge in [0.15, 0.2) is 5.78 Å². The van der Waals surface area contributed by atoms with E-state index in [0.717, 1.165) is 6.54 Å². The summed E-state index contributed by atoms with van der Waals surface area (Å²) in [5, 5.41) is 0. The molecular weight excluding hydrogens is 300 g/mol. The van der Waals surface area contributed by atoms with E-state index < -0.39 is 0 Å². The van der Waals surface area contributed by atoms with E-state index in [9.17, 15) is 9.59 Å². The first-order valence-corrected chi connectivity index (χ1v) is 8.21. The van der Waals surface area contributed by atoms with E-state index in [2.05, 4.69) is 24.1 Å². The van der Waals surface area contributed by atoms with Gasteiger partial charge >= 0.3 is 0 Å². The van der Waals surface area contributed by atoms with Gasteiger partial charge in [-0.3, -0.25) is 14.5 Å². The standard InChI is InChI=1S/C20H22N2O2/c1-15(23)17-9-6-10-18(13-17)20(24)22-12-11-21(2)19(14-22)16-7-4-3-5-8-16/h3-10,13,19H,11-12,14H2,1-2H3/t19-/m1/s1. The van der Waals surface area contributed by atoms with Crippen LogP contribution in [-0.4, -0.2) is 48.2 Å². The Morgan fingerprint density at radius 2 is 1.67 bits per heavy atom. The predicted molar refractivity (Wildman–Crippen MR) is 94.2 cm³/mol. The Bertz CT molecular complexity index is 742. The van der Waals surface area contributed by atoms with Crippen molar-refractivity contribution >= 4 is 11.7 Å². The molecule has 0 aromatic heterocycles. The number of carbonyl (C=O) groups is 2. The summed E-state index contributed by atoms with van der Waals surface area (Å²) in [6.07, 6.45) is 0. The fourth-order valence-electron chi connectivity index (χ4n) is 3.15. The van der Waals surface area contributed by atoms with Crippen molar-refractivity contribution in [1.82, 2.24) is 9.80 Å². The Labute approximate surface area is 142 Å². The smallest absolute Gasteiger partial charge is 0.253 e. The molecule has 1 aliphatic rings. The Balaban J connectivity index is 1.81. The topological polar surface area (TPSA) is 40.6 Å². The van der Waals surface area contributed by atoms with Crippen molar-refractivity contribution in [2.75, 3.05) is 26.7 Å². The molecule has 0 saturated carbocycles. The Morgan fingerprint density at radius 3 is 2.38 bits per heavy atom. The maximum Gasteiger partial charge on any atom is 0.253 e. The number of hydrogen-bond acceptors (Lipinski definition) is 3. The summed E-state index contributed by atoms with van der Waals surface area (Å²) in [5.74, 6) is -0.0303. The van der Waals surface area contributed by atoms with Crippen molar-refractivity contribution in [2.24, 2.45) is 0 Å². The van der Waals surface area contributed by atoms with E-state index in [1.807, 2.05) is 23.1 Å². The number of benzene rings is 2. The van der Waals surface area contributed by atoms with Crippen LogP contribution in [0, 0.1) is 0 Å². The third-order valence-corrected chi connectivity index (χ3v) is 4.64. The summed E-state index contributed by atoms with van der Waals surface area (Å²) < 4.78 is 0. The van der Waals surface area contributed by atoms with Gasteiger partial charge in [0.05, 0.1) is 6.04 Å². The van der Waals surface area contributed by atoms with Crippen LogP contribution in [0.25, 0.3) is 0 Å². The summed E-state index contributed by atoms with van der Waals surface area (Å²) in [6, 6.07) is 17.5. The minimum atomic E-state index is -0.0230. The van der Waals surface area contributed by atoms with E-state index in [4.69, 9.17) is 0 Å². The summed E-state index contributed by atoms with van der Waals surface area (Å²) >= 11 is 0. The van der Waals surface area contributed by atoms with Crippen LogP contribution in [-0.2, 0) is 0 Å². The number of rotatable bonds is 3. The average molecular weight is 322 g/mol. The molecule has 4 heteroatoms. The zero-order chi connectivity index (χ0) is 17.1. The Kier molecular flexibility index (Phi) is 4.76. The SMILES string of the molecule is CC(=O)c1cccc(C(=O)N2CCN(C)[C@@H](c3ccccc3)C2)c1. The van der Waals surface area contributed by atoms with Crippen LogP contribution in [0.3, 0.4) is 0 Å². The Hall–Kier alpha value is -2.46. The number of hydrogen-bond donors (Lipinski definition) is 0. The van der Waals surface area contributed by atoms with E-state index in [1.54, 1.807) is 24.3 Å². The van der Waals surface area contributed by atoms with Gasteiger partial charge in [-0.2, -0.15) is 0 Å². The van der Waals surface area contributed by atoms with Gasteiger partial charge in [0, 0.05) is 30.8 Å². The zero-order valence-corrected chi connectivity index (χ0v) is 14.1. The van der Waals surface area contributed by atoms with Crippen molar-refractivity contribution in [3.8, 4) is 0 Å². The Morgan fingerprint density at radius 1 is 0.958 bits per heavy atom. The molecule has 1 saturated heterocycles. The minimum Gasteiger partial charge on any atom is -0.335 e. The van der Waals surface area contributed by atoms with E-state index in [-0.39, 0.29) is 17.7 Å². The highest BCUT2D eigenvalue weighted by Gasteiger charge is 2.28. The van der Waals surface area contributed by atoms with Crippen molar-refractivity contribution in [2.45, 2.75) is 13.0 Å². The fourth-order valence-corrected chi connectivity index (χ4v) is 3.15. The van der Waals surface area contributed by atoms with Crippen LogP contribution in [0.2, 0.25) is 0 Å². The molecule has 4 nitrogen and oxygen atoms in total. The second-order valence-electron chi connectivity index (χ2n) is 6.30. The molecule has 2 aromatic rings. The van der Waals surface area contributed by atoms with Crippen molar-refractivity contribution < 1.29 is 9.59 Å². The second-order valence-corrected chi connectivity index (χ2v) is 6.30. The van der Waals surface area contributed by atoms with Crippen LogP contribution in [0.5, 0.6) is 0 Å². The molecule has 24 heavy (non-hydrogen) atoms. The van der Waals surface area contributed by atoms with Gasteiger partial charge in [0.1, 0.15) is 0 Å². The van der Waals surface area contributed by atoms with Crippen LogP contribution in [0.15, 0.2) is 54.6 Å². The molecule has 1 amide bonds. The third kappa shape index (κ3) is 3.39. The van der Waals surface area contributed by atoms with Gasteiger partial charge in [0.25, 0.3) is 5.91 Å². The highest BCUT2D eigenvalue weighted by atomic mass is 16.2. The molecule has 0 bridgehead atoms. The molecule has 1 heterocycles. The largest absolute Gasteiger partial charge is 0.335 e. The quantitative estimate of drug-likeness (QED) is 0.816. The molecule has 124 valence electrons. The molecule has 2 aromatic carbocycles. The first kappa shape index (κ1) is 16.4. The van der Waals surface area contributed by atoms with Gasteiger partial charge < -0.3 is 4.90 Å². The molecule has 0 spiro atoms. The number of likely N-dealkylation sites (N-methyl/N-ethyl adjacent to an activating group) is 1. The lowest BCUT2D eigenvalue weighted by atomic mass is 10.0. The molecule has 1 aliphatic heterocycles. The number of piperazine rings is 1. The van der Waals surface area contributed by atoms with Crippen molar-refractivity contribution in [3.05, 3.63) is 71.3 Å². The number of carbonyl (C=O) groups excluding carboxylic acids is 2. The summed E-state index contributed by atoms with van der Waals surface area (Å²) in [7, 11) is 2.09. The van der Waals surface area contributed by atoms with Gasteiger partial charge in [-0.1, -0.05) is 42.5 Å². The molecule has 1 fully saturated rings. The summed E-state index contributed by atoms with van der Waals surface area (Å²) in [6.45, 7) is 3.70. The lowest BCUT2D eigenvalue weighted by molar-refractivity contribution is 0.0546. The summed E-state index contributed by atoms with van der Waals surface area (Å²) in [4.78, 5) is 28.6. The fraction of sp³-hybridized carbons (Fsp3) is 0.300. The lowest BCUT2D eigenvalue weighted by Gasteiger charge is -2.39. The average Bonchev–Trinajstić information content (AvgIpc) is 2.62. The van der Waals surface area contributed by atoms with Crippen LogP contribution in [0.4, 0.5) is 0 Å². The van der Waals surface area contributed by atoms with Crippen LogP contribution < -0.4 is 0 Å². The number of ketones is 1. The summed E-state index contributed by atoms with van der Waals surface area (Å²) in [5.41, 5.74) is 2.38. The molecule has 1 atom stereocenters. The first-order valence-electron chi connectivity index (χ1n) is 8.21. The zero-order valence-electron chi connectivity index (χ0n) is 14.1. The van der Waals surface area contributed by atoms with Gasteiger partial charge in [-0.15, -0.1) is 0 Å². The first-order chi connectivity index (χ1) is 11.6.